The Bertz CT molecular complexity index is 955. The van der Waals surface area contributed by atoms with Gasteiger partial charge in [-0.1, -0.05) is 30.3 Å². The summed E-state index contributed by atoms with van der Waals surface area (Å²) in [6.07, 6.45) is -4.90. The number of benzene rings is 2. The molecule has 4 atom stereocenters. The lowest BCUT2D eigenvalue weighted by Gasteiger charge is -2.15. The fourth-order valence-corrected chi connectivity index (χ4v) is 4.16. The van der Waals surface area contributed by atoms with Gasteiger partial charge in [0.25, 0.3) is 0 Å². The number of carbonyl (C=O) groups is 1. The molecular weight excluding hydrogens is 415 g/mol. The van der Waals surface area contributed by atoms with Crippen molar-refractivity contribution >= 4 is 15.9 Å². The van der Waals surface area contributed by atoms with Crippen molar-refractivity contribution in [3.63, 3.8) is 0 Å². The number of hydrogen-bond donors (Lipinski definition) is 4. The Kier molecular flexibility index (Phi) is 7.16. The second kappa shape index (κ2) is 9.63. The lowest BCUT2D eigenvalue weighted by Crippen LogP contribution is -2.40. The van der Waals surface area contributed by atoms with Crippen LogP contribution in [-0.4, -0.2) is 55.5 Å². The molecule has 0 aromatic heterocycles. The molecule has 1 aliphatic heterocycles. The molecule has 162 valence electrons. The maximum atomic E-state index is 12.9. The van der Waals surface area contributed by atoms with Gasteiger partial charge in [-0.2, -0.15) is 0 Å². The molecule has 1 amide bonds. The predicted octanol–water partition coefficient (Wildman–Crippen LogP) is 0.300. The maximum Gasteiger partial charge on any atom is 0.240 e. The number of amides is 1. The molecule has 0 bridgehead atoms. The highest BCUT2D eigenvalue weighted by Gasteiger charge is 2.43. The highest BCUT2D eigenvalue weighted by molar-refractivity contribution is 7.89. The van der Waals surface area contributed by atoms with Gasteiger partial charge in [-0.3, -0.25) is 4.79 Å². The molecule has 2 aromatic rings. The summed E-state index contributed by atoms with van der Waals surface area (Å²) in [6.45, 7) is -0.0893. The molecule has 0 saturated carbocycles. The lowest BCUT2D eigenvalue weighted by atomic mass is 10.1. The molecule has 4 unspecified atom stereocenters. The van der Waals surface area contributed by atoms with Crippen LogP contribution in [0.15, 0.2) is 59.5 Å². The van der Waals surface area contributed by atoms with Crippen molar-refractivity contribution in [3.05, 3.63) is 66.0 Å². The molecular formula is C20H23FN2O6S. The van der Waals surface area contributed by atoms with Gasteiger partial charge in [-0.15, -0.1) is 0 Å². The Balaban J connectivity index is 1.50. The first-order valence-corrected chi connectivity index (χ1v) is 10.8. The van der Waals surface area contributed by atoms with E-state index >= 15 is 0 Å². The quantitative estimate of drug-likeness (QED) is 0.470. The number of halogens is 1. The molecule has 1 fully saturated rings. The number of ether oxygens (including phenoxy) is 1. The van der Waals surface area contributed by atoms with Gasteiger partial charge >= 0.3 is 0 Å². The normalized spacial score (nSPS) is 24.0. The molecule has 30 heavy (non-hydrogen) atoms. The zero-order valence-electron chi connectivity index (χ0n) is 15.9. The van der Waals surface area contributed by atoms with Crippen molar-refractivity contribution < 1.29 is 32.6 Å². The monoisotopic (exact) mass is 438 g/mol. The largest absolute Gasteiger partial charge is 0.388 e. The Morgan fingerprint density at radius 1 is 1.00 bits per heavy atom. The van der Waals surface area contributed by atoms with Crippen LogP contribution in [0.1, 0.15) is 12.0 Å². The average Bonchev–Trinajstić information content (AvgIpc) is 3.00. The van der Waals surface area contributed by atoms with Crippen LogP contribution in [0.25, 0.3) is 0 Å². The number of aliphatic hydroxyl groups is 2. The first kappa shape index (κ1) is 22.3. The van der Waals surface area contributed by atoms with Crippen molar-refractivity contribution in [3.8, 4) is 0 Å². The van der Waals surface area contributed by atoms with E-state index in [1.165, 1.54) is 36.4 Å². The molecule has 0 radical (unpaired) electrons. The van der Waals surface area contributed by atoms with Crippen LogP contribution in [0.2, 0.25) is 0 Å². The number of rotatable bonds is 8. The number of nitrogens with one attached hydrogen (secondary N) is 2. The van der Waals surface area contributed by atoms with Crippen LogP contribution in [-0.2, 0) is 26.1 Å². The third-order valence-electron chi connectivity index (χ3n) is 4.78. The third-order valence-corrected chi connectivity index (χ3v) is 6.22. The van der Waals surface area contributed by atoms with Crippen LogP contribution >= 0.6 is 0 Å². The van der Waals surface area contributed by atoms with Crippen molar-refractivity contribution in [1.29, 1.82) is 0 Å². The van der Waals surface area contributed by atoms with E-state index in [2.05, 4.69) is 10.0 Å². The van der Waals surface area contributed by atoms with E-state index in [1.54, 1.807) is 18.2 Å². The molecule has 0 aliphatic carbocycles. The van der Waals surface area contributed by atoms with E-state index in [0.29, 0.717) is 5.56 Å². The minimum absolute atomic E-state index is 0.0646. The predicted molar refractivity (Wildman–Crippen MR) is 105 cm³/mol. The number of sulfonamides is 1. The van der Waals surface area contributed by atoms with Gasteiger partial charge in [0.1, 0.15) is 24.1 Å². The maximum absolute atomic E-state index is 12.9. The smallest absolute Gasteiger partial charge is 0.240 e. The van der Waals surface area contributed by atoms with Crippen LogP contribution in [0.3, 0.4) is 0 Å². The van der Waals surface area contributed by atoms with Gasteiger partial charge in [0.05, 0.1) is 17.4 Å². The summed E-state index contributed by atoms with van der Waals surface area (Å²) in [5.41, 5.74) is 0.700. The first-order chi connectivity index (χ1) is 14.3. The topological polar surface area (TPSA) is 125 Å². The molecule has 0 spiro atoms. The molecule has 1 saturated heterocycles. The molecule has 2 aromatic carbocycles. The minimum Gasteiger partial charge on any atom is -0.388 e. The Labute approximate surface area is 173 Å². The number of carbonyl (C=O) groups excluding carboxylic acids is 1. The molecule has 8 nitrogen and oxygen atoms in total. The fraction of sp³-hybridized carbons (Fsp3) is 0.350. The zero-order valence-corrected chi connectivity index (χ0v) is 16.8. The summed E-state index contributed by atoms with van der Waals surface area (Å²) in [5, 5.41) is 23.0. The van der Waals surface area contributed by atoms with Gasteiger partial charge < -0.3 is 20.3 Å². The number of hydrogen-bond acceptors (Lipinski definition) is 6. The van der Waals surface area contributed by atoms with Crippen LogP contribution in [0.5, 0.6) is 0 Å². The van der Waals surface area contributed by atoms with Gasteiger partial charge in [-0.25, -0.2) is 17.5 Å². The Morgan fingerprint density at radius 3 is 2.30 bits per heavy atom. The van der Waals surface area contributed by atoms with E-state index in [-0.39, 0.29) is 30.2 Å². The minimum atomic E-state index is -3.80. The SMILES string of the molecule is O=C(CC1OC(CNS(=O)(=O)c2ccccc2)C(O)C1O)NCc1ccc(F)cc1. The van der Waals surface area contributed by atoms with Gasteiger partial charge in [-0.05, 0) is 29.8 Å². The highest BCUT2D eigenvalue weighted by Crippen LogP contribution is 2.24. The standard InChI is InChI=1S/C20H23FN2O6S/c21-14-8-6-13(7-9-14)11-22-18(24)10-16-19(25)20(26)17(29-16)12-23-30(27,28)15-4-2-1-3-5-15/h1-9,16-17,19-20,23,25-26H,10-12H2,(H,22,24). The Hall–Kier alpha value is -2.37. The second-order valence-corrected chi connectivity index (χ2v) is 8.73. The summed E-state index contributed by atoms with van der Waals surface area (Å²) < 4.78 is 45.3. The van der Waals surface area contributed by atoms with Crippen LogP contribution < -0.4 is 10.0 Å². The van der Waals surface area contributed by atoms with E-state index in [0.717, 1.165) is 0 Å². The molecule has 10 heteroatoms. The molecule has 4 N–H and O–H groups in total. The van der Waals surface area contributed by atoms with Gasteiger partial charge in [0.15, 0.2) is 0 Å². The van der Waals surface area contributed by atoms with E-state index in [1.807, 2.05) is 0 Å². The third kappa shape index (κ3) is 5.61. The molecule has 1 heterocycles. The summed E-state index contributed by atoms with van der Waals surface area (Å²) in [4.78, 5) is 12.2. The van der Waals surface area contributed by atoms with E-state index in [9.17, 15) is 27.8 Å². The number of aliphatic hydroxyl groups excluding tert-OH is 2. The highest BCUT2D eigenvalue weighted by atomic mass is 32.2. The van der Waals surface area contributed by atoms with E-state index < -0.39 is 40.3 Å². The molecule has 1 aliphatic rings. The first-order valence-electron chi connectivity index (χ1n) is 9.34. The lowest BCUT2D eigenvalue weighted by molar-refractivity contribution is -0.125. The van der Waals surface area contributed by atoms with E-state index in [4.69, 9.17) is 4.74 Å². The average molecular weight is 438 g/mol. The van der Waals surface area contributed by atoms with Crippen molar-refractivity contribution in [2.75, 3.05) is 6.54 Å². The summed E-state index contributed by atoms with van der Waals surface area (Å²) in [7, 11) is -3.80. The fourth-order valence-electron chi connectivity index (χ4n) is 3.10. The van der Waals surface area contributed by atoms with Crippen LogP contribution in [0.4, 0.5) is 4.39 Å². The second-order valence-electron chi connectivity index (χ2n) is 6.97. The summed E-state index contributed by atoms with van der Waals surface area (Å²) in [6, 6.07) is 13.3. The summed E-state index contributed by atoms with van der Waals surface area (Å²) in [5.74, 6) is -0.809. The Morgan fingerprint density at radius 2 is 1.63 bits per heavy atom. The summed E-state index contributed by atoms with van der Waals surface area (Å²) >= 11 is 0. The van der Waals surface area contributed by atoms with Crippen molar-refractivity contribution in [2.45, 2.75) is 42.3 Å². The van der Waals surface area contributed by atoms with Gasteiger partial charge in [0, 0.05) is 13.1 Å². The zero-order chi connectivity index (χ0) is 21.7. The molecule has 3 rings (SSSR count). The van der Waals surface area contributed by atoms with Crippen LogP contribution in [0, 0.1) is 5.82 Å². The van der Waals surface area contributed by atoms with Crippen molar-refractivity contribution in [2.24, 2.45) is 0 Å². The van der Waals surface area contributed by atoms with Gasteiger partial charge in [0.2, 0.25) is 15.9 Å². The van der Waals surface area contributed by atoms with Crippen molar-refractivity contribution in [1.82, 2.24) is 10.0 Å².